The van der Waals surface area contributed by atoms with Crippen molar-refractivity contribution in [3.63, 3.8) is 0 Å². The number of carboxylic acids is 1. The maximum absolute atomic E-state index is 12.5. The van der Waals surface area contributed by atoms with Gasteiger partial charge >= 0.3 is 5.97 Å². The van der Waals surface area contributed by atoms with E-state index < -0.39 is 5.97 Å². The Morgan fingerprint density at radius 3 is 2.08 bits per heavy atom. The van der Waals surface area contributed by atoms with E-state index >= 15 is 0 Å². The van der Waals surface area contributed by atoms with Gasteiger partial charge in [0, 0.05) is 33.6 Å². The van der Waals surface area contributed by atoms with E-state index in [1.54, 1.807) is 54.9 Å². The molecule has 6 nitrogen and oxygen atoms in total. The van der Waals surface area contributed by atoms with Crippen LogP contribution in [0.1, 0.15) is 16.0 Å². The van der Waals surface area contributed by atoms with Crippen LogP contribution in [-0.2, 0) is 11.4 Å². The number of carboxylic acid groups (broad SMARTS) is 1. The van der Waals surface area contributed by atoms with Crippen LogP contribution < -0.4 is 14.2 Å². The first kappa shape index (κ1) is 31.7. The van der Waals surface area contributed by atoms with Gasteiger partial charge < -0.3 is 19.3 Å². The van der Waals surface area contributed by atoms with Crippen molar-refractivity contribution in [3.8, 4) is 39.9 Å². The zero-order valence-electron chi connectivity index (χ0n) is 26.0. The minimum Gasteiger partial charge on any atom is -0.485 e. The van der Waals surface area contributed by atoms with Crippen molar-refractivity contribution in [1.82, 2.24) is 4.98 Å². The molecule has 1 N–H and O–H groups in total. The van der Waals surface area contributed by atoms with E-state index in [0.29, 0.717) is 50.8 Å². The van der Waals surface area contributed by atoms with Crippen LogP contribution in [-0.4, -0.2) is 16.1 Å². The van der Waals surface area contributed by atoms with Gasteiger partial charge in [0.15, 0.2) is 17.2 Å². The Bertz CT molecular complexity index is 2240. The lowest BCUT2D eigenvalue weighted by Crippen LogP contribution is -1.99. The lowest BCUT2D eigenvalue weighted by molar-refractivity contribution is -0.130. The van der Waals surface area contributed by atoms with Crippen LogP contribution in [0.3, 0.4) is 0 Å². The van der Waals surface area contributed by atoms with Crippen LogP contribution in [0.2, 0.25) is 5.02 Å². The van der Waals surface area contributed by atoms with Crippen LogP contribution in [0.25, 0.3) is 32.9 Å². The number of aliphatic carboxylic acids is 1. The average molecular weight is 682 g/mol. The molecule has 8 heteroatoms. The number of carbonyl (C=O) groups is 1. The van der Waals surface area contributed by atoms with E-state index in [2.05, 4.69) is 41.4 Å². The van der Waals surface area contributed by atoms with Crippen LogP contribution in [0.4, 0.5) is 0 Å². The van der Waals surface area contributed by atoms with Crippen molar-refractivity contribution in [2.75, 3.05) is 0 Å². The van der Waals surface area contributed by atoms with Crippen LogP contribution in [0, 0.1) is 0 Å². The molecule has 0 aliphatic carbocycles. The third-order valence-corrected chi connectivity index (χ3v) is 9.02. The Kier molecular flexibility index (Phi) is 9.37. The number of hydrogen-bond acceptors (Lipinski definition) is 6. The quantitative estimate of drug-likeness (QED) is 0.137. The molecule has 7 aromatic rings. The molecule has 0 saturated heterocycles. The maximum atomic E-state index is 12.5. The van der Waals surface area contributed by atoms with Gasteiger partial charge in [0.2, 0.25) is 0 Å². The summed E-state index contributed by atoms with van der Waals surface area (Å²) in [6.07, 6.45) is 4.75. The molecule has 240 valence electrons. The largest absolute Gasteiger partial charge is 0.485 e. The van der Waals surface area contributed by atoms with Crippen molar-refractivity contribution < 1.29 is 24.1 Å². The van der Waals surface area contributed by atoms with E-state index in [-0.39, 0.29) is 5.57 Å². The Morgan fingerprint density at radius 1 is 0.735 bits per heavy atom. The number of halogens is 1. The normalized spacial score (nSPS) is 11.3. The third kappa shape index (κ3) is 7.49. The summed E-state index contributed by atoms with van der Waals surface area (Å²) in [6.45, 7) is 0.309. The molecule has 0 fully saturated rings. The highest BCUT2D eigenvalue weighted by atomic mass is 35.5. The fourth-order valence-electron chi connectivity index (χ4n) is 5.25. The summed E-state index contributed by atoms with van der Waals surface area (Å²) < 4.78 is 20.1. The highest BCUT2D eigenvalue weighted by Gasteiger charge is 2.21. The third-order valence-electron chi connectivity index (χ3n) is 7.69. The van der Waals surface area contributed by atoms with Crippen molar-refractivity contribution in [1.29, 1.82) is 0 Å². The molecule has 49 heavy (non-hydrogen) atoms. The zero-order chi connectivity index (χ0) is 33.6. The summed E-state index contributed by atoms with van der Waals surface area (Å²) in [6, 6.07) is 42.1. The van der Waals surface area contributed by atoms with Crippen LogP contribution in [0.15, 0.2) is 146 Å². The van der Waals surface area contributed by atoms with Crippen LogP contribution >= 0.6 is 22.9 Å². The highest BCUT2D eigenvalue weighted by Crippen LogP contribution is 2.47. The van der Waals surface area contributed by atoms with E-state index in [1.807, 2.05) is 60.7 Å². The van der Waals surface area contributed by atoms with Gasteiger partial charge in [-0.2, -0.15) is 0 Å². The number of pyridine rings is 1. The molecule has 0 amide bonds. The molecule has 0 unspecified atom stereocenters. The SMILES string of the molecule is O=C(O)C(=Cc1sc2cc(OCc3ccc(-c4ccccc4)cc3)c(Oc3ccccc3)cc2c1Oc1ccc(Cl)cc1)c1ccncc1. The van der Waals surface area contributed by atoms with Gasteiger partial charge in [-0.15, -0.1) is 11.3 Å². The molecule has 0 atom stereocenters. The van der Waals surface area contributed by atoms with E-state index in [0.717, 1.165) is 26.8 Å². The summed E-state index contributed by atoms with van der Waals surface area (Å²) in [4.78, 5) is 17.1. The van der Waals surface area contributed by atoms with Gasteiger partial charge in [-0.1, -0.05) is 84.4 Å². The van der Waals surface area contributed by atoms with Gasteiger partial charge in [-0.25, -0.2) is 4.79 Å². The van der Waals surface area contributed by atoms with Crippen LogP contribution in [0.5, 0.6) is 28.7 Å². The molecule has 7 rings (SSSR count). The summed E-state index contributed by atoms with van der Waals surface area (Å²) >= 11 is 7.55. The fourth-order valence-corrected chi connectivity index (χ4v) is 6.46. The predicted molar refractivity (Wildman–Crippen MR) is 196 cm³/mol. The van der Waals surface area contributed by atoms with Gasteiger partial charge in [0.25, 0.3) is 0 Å². The van der Waals surface area contributed by atoms with Gasteiger partial charge in [-0.3, -0.25) is 4.98 Å². The Balaban J connectivity index is 1.31. The molecule has 0 aliphatic rings. The minimum atomic E-state index is -1.07. The Morgan fingerprint density at radius 2 is 1.39 bits per heavy atom. The van der Waals surface area contributed by atoms with Crippen molar-refractivity contribution in [2.24, 2.45) is 0 Å². The molecule has 5 aromatic carbocycles. The number of rotatable bonds is 11. The summed E-state index contributed by atoms with van der Waals surface area (Å²) in [7, 11) is 0. The predicted octanol–water partition coefficient (Wildman–Crippen LogP) is 11.4. The maximum Gasteiger partial charge on any atom is 0.336 e. The molecule has 0 radical (unpaired) electrons. The van der Waals surface area contributed by atoms with E-state index in [9.17, 15) is 9.90 Å². The number of hydrogen-bond donors (Lipinski definition) is 1. The number of benzene rings is 5. The molecule has 0 spiro atoms. The van der Waals surface area contributed by atoms with Gasteiger partial charge in [-0.05, 0) is 82.9 Å². The van der Waals surface area contributed by atoms with Crippen molar-refractivity contribution in [2.45, 2.75) is 6.61 Å². The minimum absolute atomic E-state index is 0.103. The monoisotopic (exact) mass is 681 g/mol. The second kappa shape index (κ2) is 14.5. The molecular formula is C41H28ClNO5S. The van der Waals surface area contributed by atoms with Crippen molar-refractivity contribution in [3.05, 3.63) is 167 Å². The topological polar surface area (TPSA) is 77.9 Å². The van der Waals surface area contributed by atoms with E-state index in [4.69, 9.17) is 25.8 Å². The summed E-state index contributed by atoms with van der Waals surface area (Å²) in [5.41, 5.74) is 3.89. The lowest BCUT2D eigenvalue weighted by atomic mass is 10.0. The average Bonchev–Trinajstić information content (AvgIpc) is 3.46. The van der Waals surface area contributed by atoms with Gasteiger partial charge in [0.05, 0.1) is 10.5 Å². The number of nitrogens with zero attached hydrogens (tertiary/aromatic N) is 1. The molecule has 2 aromatic heterocycles. The fraction of sp³-hybridized carbons (Fsp3) is 0.0244. The smallest absolute Gasteiger partial charge is 0.336 e. The first-order valence-corrected chi connectivity index (χ1v) is 16.6. The first-order chi connectivity index (χ1) is 24.0. The molecule has 0 saturated carbocycles. The number of ether oxygens (including phenoxy) is 3. The number of aromatic nitrogens is 1. The van der Waals surface area contributed by atoms with E-state index in [1.165, 1.54) is 11.3 Å². The second-order valence-electron chi connectivity index (χ2n) is 11.0. The first-order valence-electron chi connectivity index (χ1n) is 15.4. The standard InChI is InChI=1S/C41H28ClNO5S/c42-31-15-17-33(18-16-31)48-40-35-23-37(47-32-9-5-2-6-10-32)36(46-26-27-11-13-29(14-12-27)28-7-3-1-4-8-28)25-38(35)49-39(40)24-34(41(44)45)30-19-21-43-22-20-30/h1-25H,26H2,(H,44,45). The Labute approximate surface area is 292 Å². The second-order valence-corrected chi connectivity index (χ2v) is 12.5. The van der Waals surface area contributed by atoms with Crippen molar-refractivity contribution >= 4 is 50.6 Å². The molecular weight excluding hydrogens is 654 g/mol. The highest BCUT2D eigenvalue weighted by molar-refractivity contribution is 7.20. The van der Waals surface area contributed by atoms with Gasteiger partial charge in [0.1, 0.15) is 18.1 Å². The molecule has 2 heterocycles. The molecule has 0 aliphatic heterocycles. The lowest BCUT2D eigenvalue weighted by Gasteiger charge is -2.14. The summed E-state index contributed by atoms with van der Waals surface area (Å²) in [5, 5.41) is 11.5. The summed E-state index contributed by atoms with van der Waals surface area (Å²) in [5.74, 6) is 1.62. The number of thiophene rings is 1. The zero-order valence-corrected chi connectivity index (χ0v) is 27.5. The molecule has 0 bridgehead atoms. The number of fused-ring (bicyclic) bond motifs is 1. The number of para-hydroxylation sites is 1. The Hall–Kier alpha value is -5.89.